The van der Waals surface area contributed by atoms with Crippen LogP contribution in [0.5, 0.6) is 0 Å². The molecule has 1 heteroatoms. The molecular weight excluding hydrogens is 122 g/mol. The summed E-state index contributed by atoms with van der Waals surface area (Å²) in [7, 11) is 0. The molecule has 0 unspecified atom stereocenters. The van der Waals surface area contributed by atoms with Gasteiger partial charge in [-0.3, -0.25) is 0 Å². The Morgan fingerprint density at radius 1 is 1.40 bits per heavy atom. The molecule has 0 radical (unpaired) electrons. The minimum absolute atomic E-state index is 1.12. The third kappa shape index (κ3) is 1.85. The molecule has 0 heterocycles. The summed E-state index contributed by atoms with van der Waals surface area (Å²) in [4.78, 5) is 0. The lowest BCUT2D eigenvalue weighted by molar-refractivity contribution is -0.254. The minimum Gasteiger partial charge on any atom is -0.325 e. The fourth-order valence-corrected chi connectivity index (χ4v) is 1.07. The lowest BCUT2D eigenvalue weighted by Gasteiger charge is -1.95. The van der Waals surface area contributed by atoms with Crippen LogP contribution in [0.15, 0.2) is 24.3 Å². The normalized spacial score (nSPS) is 9.80. The Morgan fingerprint density at radius 2 is 2.20 bits per heavy atom. The second-order valence-electron chi connectivity index (χ2n) is 2.57. The molecule has 3 N–H and O–H groups in total. The van der Waals surface area contributed by atoms with Gasteiger partial charge in [0.05, 0.1) is 0 Å². The van der Waals surface area contributed by atoms with Crippen LogP contribution in [0.4, 0.5) is 5.69 Å². The van der Waals surface area contributed by atoms with Gasteiger partial charge in [0.25, 0.3) is 0 Å². The van der Waals surface area contributed by atoms with Gasteiger partial charge >= 0.3 is 0 Å². The highest BCUT2D eigenvalue weighted by Crippen LogP contribution is 2.06. The summed E-state index contributed by atoms with van der Waals surface area (Å²) in [6.45, 7) is 2.19. The molecule has 1 nitrogen and oxygen atoms in total. The van der Waals surface area contributed by atoms with Gasteiger partial charge in [-0.15, -0.1) is 0 Å². The molecule has 0 saturated carbocycles. The summed E-state index contributed by atoms with van der Waals surface area (Å²) < 4.78 is 0. The molecule has 1 aromatic rings. The maximum absolute atomic E-state index is 3.86. The first-order chi connectivity index (χ1) is 4.83. The van der Waals surface area contributed by atoms with Crippen molar-refractivity contribution in [3.05, 3.63) is 29.8 Å². The van der Waals surface area contributed by atoms with E-state index < -0.39 is 0 Å². The molecule has 0 aliphatic carbocycles. The molecule has 0 amide bonds. The molecule has 0 aliphatic rings. The lowest BCUT2D eigenvalue weighted by atomic mass is 10.1. The van der Waals surface area contributed by atoms with Crippen LogP contribution < -0.4 is 5.73 Å². The molecule has 0 saturated heterocycles. The highest BCUT2D eigenvalue weighted by atomic mass is 14.5. The van der Waals surface area contributed by atoms with E-state index >= 15 is 0 Å². The quantitative estimate of drug-likeness (QED) is 0.638. The first kappa shape index (κ1) is 7.29. The zero-order chi connectivity index (χ0) is 7.40. The van der Waals surface area contributed by atoms with Crippen molar-refractivity contribution in [1.82, 2.24) is 0 Å². The molecule has 0 fully saturated rings. The summed E-state index contributed by atoms with van der Waals surface area (Å²) in [5.41, 5.74) is 6.38. The van der Waals surface area contributed by atoms with Crippen LogP contribution in [0, 0.1) is 0 Å². The average Bonchev–Trinajstić information content (AvgIpc) is 1.88. The van der Waals surface area contributed by atoms with Gasteiger partial charge in [0.15, 0.2) is 0 Å². The van der Waals surface area contributed by atoms with Crippen molar-refractivity contribution < 1.29 is 5.73 Å². The van der Waals surface area contributed by atoms with E-state index in [4.69, 9.17) is 0 Å². The fourth-order valence-electron chi connectivity index (χ4n) is 1.07. The van der Waals surface area contributed by atoms with Crippen molar-refractivity contribution in [3.63, 3.8) is 0 Å². The monoisotopic (exact) mass is 136 g/mol. The number of aryl methyl sites for hydroxylation is 1. The first-order valence-corrected chi connectivity index (χ1v) is 3.74. The summed E-state index contributed by atoms with van der Waals surface area (Å²) in [6.07, 6.45) is 2.38. The zero-order valence-corrected chi connectivity index (χ0v) is 6.43. The number of hydrogen-bond acceptors (Lipinski definition) is 0. The summed E-state index contributed by atoms with van der Waals surface area (Å²) in [5, 5.41) is 0. The highest BCUT2D eigenvalue weighted by molar-refractivity contribution is 5.32. The smallest absolute Gasteiger partial charge is 0.128 e. The van der Waals surface area contributed by atoms with E-state index in [1.807, 2.05) is 6.07 Å². The SMILES string of the molecule is CCCc1cccc([NH3+])c1. The van der Waals surface area contributed by atoms with Crippen molar-refractivity contribution in [2.45, 2.75) is 19.8 Å². The highest BCUT2D eigenvalue weighted by Gasteiger charge is 1.91. The predicted octanol–water partition coefficient (Wildman–Crippen LogP) is 1.51. The third-order valence-electron chi connectivity index (χ3n) is 1.53. The molecule has 0 bridgehead atoms. The van der Waals surface area contributed by atoms with Crippen LogP contribution in [0.2, 0.25) is 0 Å². The largest absolute Gasteiger partial charge is 0.325 e. The van der Waals surface area contributed by atoms with Crippen molar-refractivity contribution in [3.8, 4) is 0 Å². The minimum atomic E-state index is 1.12. The van der Waals surface area contributed by atoms with E-state index in [0.717, 1.165) is 5.69 Å². The van der Waals surface area contributed by atoms with E-state index in [1.165, 1.54) is 18.4 Å². The van der Waals surface area contributed by atoms with E-state index in [2.05, 4.69) is 30.9 Å². The summed E-state index contributed by atoms with van der Waals surface area (Å²) in [5.74, 6) is 0. The molecule has 1 aromatic carbocycles. The third-order valence-corrected chi connectivity index (χ3v) is 1.53. The first-order valence-electron chi connectivity index (χ1n) is 3.74. The van der Waals surface area contributed by atoms with Crippen LogP contribution in [0.3, 0.4) is 0 Å². The summed E-state index contributed by atoms with van der Waals surface area (Å²) >= 11 is 0. The van der Waals surface area contributed by atoms with Crippen molar-refractivity contribution in [2.75, 3.05) is 0 Å². The molecule has 0 spiro atoms. The Morgan fingerprint density at radius 3 is 2.80 bits per heavy atom. The maximum Gasteiger partial charge on any atom is 0.128 e. The summed E-state index contributed by atoms with van der Waals surface area (Å²) in [6, 6.07) is 8.38. The Hall–Kier alpha value is -0.820. The van der Waals surface area contributed by atoms with Crippen LogP contribution in [0.1, 0.15) is 18.9 Å². The van der Waals surface area contributed by atoms with Gasteiger partial charge in [-0.05, 0) is 18.1 Å². The van der Waals surface area contributed by atoms with Gasteiger partial charge in [0.2, 0.25) is 0 Å². The van der Waals surface area contributed by atoms with Crippen LogP contribution in [-0.4, -0.2) is 0 Å². The lowest BCUT2D eigenvalue weighted by Crippen LogP contribution is -2.40. The average molecular weight is 136 g/mol. The van der Waals surface area contributed by atoms with E-state index in [1.54, 1.807) is 0 Å². The van der Waals surface area contributed by atoms with Gasteiger partial charge in [0, 0.05) is 6.07 Å². The topological polar surface area (TPSA) is 27.6 Å². The molecular formula is C9H14N+. The van der Waals surface area contributed by atoms with E-state index in [-0.39, 0.29) is 0 Å². The number of benzene rings is 1. The Bertz CT molecular complexity index is 206. The Kier molecular flexibility index (Phi) is 2.46. The van der Waals surface area contributed by atoms with Gasteiger partial charge in [0.1, 0.15) is 5.69 Å². The predicted molar refractivity (Wildman–Crippen MR) is 43.0 cm³/mol. The Labute approximate surface area is 61.9 Å². The van der Waals surface area contributed by atoms with E-state index in [0.29, 0.717) is 0 Å². The second kappa shape index (κ2) is 3.37. The van der Waals surface area contributed by atoms with Crippen LogP contribution in [0.25, 0.3) is 0 Å². The molecule has 1 rings (SSSR count). The van der Waals surface area contributed by atoms with Crippen LogP contribution in [-0.2, 0) is 6.42 Å². The van der Waals surface area contributed by atoms with Gasteiger partial charge < -0.3 is 5.73 Å². The molecule has 0 atom stereocenters. The van der Waals surface area contributed by atoms with Crippen molar-refractivity contribution in [1.29, 1.82) is 0 Å². The van der Waals surface area contributed by atoms with Gasteiger partial charge in [-0.25, -0.2) is 0 Å². The number of hydrogen-bond donors (Lipinski definition) is 1. The van der Waals surface area contributed by atoms with Gasteiger partial charge in [-0.1, -0.05) is 25.5 Å². The van der Waals surface area contributed by atoms with Crippen molar-refractivity contribution in [2.24, 2.45) is 0 Å². The number of quaternary nitrogens is 1. The van der Waals surface area contributed by atoms with Crippen LogP contribution >= 0.6 is 0 Å². The Balaban J connectivity index is 2.75. The number of rotatable bonds is 2. The molecule has 0 aliphatic heterocycles. The van der Waals surface area contributed by atoms with Crippen molar-refractivity contribution >= 4 is 5.69 Å². The molecule has 0 aromatic heterocycles. The second-order valence-corrected chi connectivity index (χ2v) is 2.57. The maximum atomic E-state index is 3.86. The fraction of sp³-hybridized carbons (Fsp3) is 0.333. The zero-order valence-electron chi connectivity index (χ0n) is 6.43. The molecule has 10 heavy (non-hydrogen) atoms. The van der Waals surface area contributed by atoms with E-state index in [9.17, 15) is 0 Å². The standard InChI is InChI=1S/C9H13N/c1-2-4-8-5-3-6-9(10)7-8/h3,5-7H,2,4,10H2,1H3/p+1. The van der Waals surface area contributed by atoms with Gasteiger partial charge in [-0.2, -0.15) is 0 Å². The molecule has 54 valence electrons.